The predicted molar refractivity (Wildman–Crippen MR) is 77.8 cm³/mol. The molecule has 120 valence electrons. The highest BCUT2D eigenvalue weighted by Crippen LogP contribution is 2.24. The van der Waals surface area contributed by atoms with E-state index in [0.29, 0.717) is 12.8 Å². The molecule has 1 fully saturated rings. The van der Waals surface area contributed by atoms with Gasteiger partial charge in [-0.1, -0.05) is 12.8 Å². The van der Waals surface area contributed by atoms with Crippen LogP contribution in [0.4, 0.5) is 4.79 Å². The van der Waals surface area contributed by atoms with Gasteiger partial charge >= 0.3 is 12.0 Å². The quantitative estimate of drug-likeness (QED) is 0.617. The van der Waals surface area contributed by atoms with Gasteiger partial charge in [-0.2, -0.15) is 0 Å². The van der Waals surface area contributed by atoms with Crippen LogP contribution in [0.1, 0.15) is 46.5 Å². The second-order valence-electron chi connectivity index (χ2n) is 6.46. The van der Waals surface area contributed by atoms with Crippen LogP contribution in [0, 0.1) is 5.92 Å². The zero-order chi connectivity index (χ0) is 16.0. The van der Waals surface area contributed by atoms with E-state index in [-0.39, 0.29) is 24.0 Å². The van der Waals surface area contributed by atoms with E-state index >= 15 is 0 Å². The zero-order valence-electron chi connectivity index (χ0n) is 12.9. The molecule has 2 unspecified atom stereocenters. The van der Waals surface area contributed by atoms with Crippen molar-refractivity contribution in [1.82, 2.24) is 16.0 Å². The minimum Gasteiger partial charge on any atom is -0.481 e. The van der Waals surface area contributed by atoms with Crippen LogP contribution >= 0.6 is 0 Å². The standard InChI is InChI=1S/C14H25N3O4/c1-14(2,3)17-11(18)8-15-13(21)16-10-7-5-4-6-9(10)12(19)20/h9-10H,4-8H2,1-3H3,(H,17,18)(H,19,20)(H2,15,16,21). The van der Waals surface area contributed by atoms with Crippen LogP contribution in [0.15, 0.2) is 0 Å². The van der Waals surface area contributed by atoms with Gasteiger partial charge in [-0.25, -0.2) is 4.79 Å². The SMILES string of the molecule is CC(C)(C)NC(=O)CNC(=O)NC1CCCCC1C(=O)O. The van der Waals surface area contributed by atoms with Crippen LogP contribution in [0.5, 0.6) is 0 Å². The summed E-state index contributed by atoms with van der Waals surface area (Å²) in [5, 5.41) is 17.0. The van der Waals surface area contributed by atoms with Crippen molar-refractivity contribution < 1.29 is 19.5 Å². The Morgan fingerprint density at radius 3 is 2.33 bits per heavy atom. The van der Waals surface area contributed by atoms with Crippen molar-refractivity contribution in [3.63, 3.8) is 0 Å². The minimum absolute atomic E-state index is 0.131. The van der Waals surface area contributed by atoms with Gasteiger partial charge in [-0.3, -0.25) is 9.59 Å². The first-order valence-electron chi connectivity index (χ1n) is 7.27. The lowest BCUT2D eigenvalue weighted by Crippen LogP contribution is -2.51. The largest absolute Gasteiger partial charge is 0.481 e. The van der Waals surface area contributed by atoms with Gasteiger partial charge in [-0.05, 0) is 33.6 Å². The van der Waals surface area contributed by atoms with E-state index in [1.807, 2.05) is 20.8 Å². The summed E-state index contributed by atoms with van der Waals surface area (Å²) in [6.45, 7) is 5.42. The molecule has 7 nitrogen and oxygen atoms in total. The minimum atomic E-state index is -0.884. The fourth-order valence-electron chi connectivity index (χ4n) is 2.44. The average Bonchev–Trinajstić information content (AvgIpc) is 2.35. The first kappa shape index (κ1) is 17.3. The van der Waals surface area contributed by atoms with Crippen molar-refractivity contribution >= 4 is 17.9 Å². The van der Waals surface area contributed by atoms with Crippen LogP contribution in [0.25, 0.3) is 0 Å². The first-order valence-corrected chi connectivity index (χ1v) is 7.27. The molecule has 0 spiro atoms. The van der Waals surface area contributed by atoms with Gasteiger partial charge in [0.2, 0.25) is 5.91 Å². The highest BCUT2D eigenvalue weighted by molar-refractivity contribution is 5.84. The Balaban J connectivity index is 2.39. The highest BCUT2D eigenvalue weighted by Gasteiger charge is 2.31. The smallest absolute Gasteiger partial charge is 0.315 e. The lowest BCUT2D eigenvalue weighted by molar-refractivity contribution is -0.143. The van der Waals surface area contributed by atoms with Gasteiger partial charge in [0, 0.05) is 11.6 Å². The molecule has 4 N–H and O–H groups in total. The zero-order valence-corrected chi connectivity index (χ0v) is 12.9. The van der Waals surface area contributed by atoms with Gasteiger partial charge in [0.05, 0.1) is 12.5 Å². The summed E-state index contributed by atoms with van der Waals surface area (Å²) in [7, 11) is 0. The second kappa shape index (κ2) is 7.28. The number of rotatable bonds is 4. The maximum absolute atomic E-state index is 11.8. The molecule has 0 aromatic rings. The highest BCUT2D eigenvalue weighted by atomic mass is 16.4. The molecular formula is C14H25N3O4. The molecule has 1 aliphatic carbocycles. The number of hydrogen-bond acceptors (Lipinski definition) is 3. The van der Waals surface area contributed by atoms with E-state index in [2.05, 4.69) is 16.0 Å². The molecule has 1 saturated carbocycles. The molecule has 3 amide bonds. The lowest BCUT2D eigenvalue weighted by atomic mass is 9.84. The lowest BCUT2D eigenvalue weighted by Gasteiger charge is -2.29. The van der Waals surface area contributed by atoms with E-state index < -0.39 is 17.9 Å². The molecule has 0 aliphatic heterocycles. The van der Waals surface area contributed by atoms with Crippen LogP contribution in [0.2, 0.25) is 0 Å². The summed E-state index contributed by atoms with van der Waals surface area (Å²) in [5.74, 6) is -1.71. The molecule has 1 rings (SSSR count). The molecule has 21 heavy (non-hydrogen) atoms. The fourth-order valence-corrected chi connectivity index (χ4v) is 2.44. The van der Waals surface area contributed by atoms with Crippen molar-refractivity contribution in [2.45, 2.75) is 58.0 Å². The van der Waals surface area contributed by atoms with Gasteiger partial charge in [-0.15, -0.1) is 0 Å². The number of hydrogen-bond donors (Lipinski definition) is 4. The molecule has 1 aliphatic rings. The maximum Gasteiger partial charge on any atom is 0.315 e. The van der Waals surface area contributed by atoms with Crippen LogP contribution in [0.3, 0.4) is 0 Å². The Morgan fingerprint density at radius 1 is 1.14 bits per heavy atom. The van der Waals surface area contributed by atoms with E-state index in [1.165, 1.54) is 0 Å². The molecular weight excluding hydrogens is 274 g/mol. The number of aliphatic carboxylic acids is 1. The summed E-state index contributed by atoms with van der Waals surface area (Å²) in [6, 6.07) is -0.876. The molecule has 0 radical (unpaired) electrons. The van der Waals surface area contributed by atoms with Crippen LogP contribution < -0.4 is 16.0 Å². The Morgan fingerprint density at radius 2 is 1.76 bits per heavy atom. The van der Waals surface area contributed by atoms with E-state index in [4.69, 9.17) is 5.11 Å². The van der Waals surface area contributed by atoms with E-state index in [1.54, 1.807) is 0 Å². The molecule has 0 aromatic heterocycles. The van der Waals surface area contributed by atoms with Gasteiger partial charge in [0.1, 0.15) is 0 Å². The Bertz CT molecular complexity index is 404. The first-order chi connectivity index (χ1) is 9.69. The van der Waals surface area contributed by atoms with Crippen molar-refractivity contribution in [1.29, 1.82) is 0 Å². The van der Waals surface area contributed by atoms with Crippen molar-refractivity contribution in [2.75, 3.05) is 6.54 Å². The van der Waals surface area contributed by atoms with Crippen molar-refractivity contribution in [3.05, 3.63) is 0 Å². The Hall–Kier alpha value is -1.79. The summed E-state index contributed by atoms with van der Waals surface area (Å²) in [5.41, 5.74) is -0.354. The topological polar surface area (TPSA) is 108 Å². The summed E-state index contributed by atoms with van der Waals surface area (Å²) in [4.78, 5) is 34.5. The summed E-state index contributed by atoms with van der Waals surface area (Å²) < 4.78 is 0. The fraction of sp³-hybridized carbons (Fsp3) is 0.786. The molecule has 0 bridgehead atoms. The van der Waals surface area contributed by atoms with Crippen molar-refractivity contribution in [3.8, 4) is 0 Å². The summed E-state index contributed by atoms with van der Waals surface area (Å²) in [6.07, 6.45) is 2.99. The van der Waals surface area contributed by atoms with Crippen LogP contribution in [-0.4, -0.2) is 41.1 Å². The number of amides is 3. The van der Waals surface area contributed by atoms with Gasteiger partial charge < -0.3 is 21.1 Å². The molecule has 0 heterocycles. The Kier molecular flexibility index (Phi) is 5.99. The van der Waals surface area contributed by atoms with Crippen molar-refractivity contribution in [2.24, 2.45) is 5.92 Å². The molecule has 2 atom stereocenters. The monoisotopic (exact) mass is 299 g/mol. The maximum atomic E-state index is 11.8. The van der Waals surface area contributed by atoms with Crippen LogP contribution in [-0.2, 0) is 9.59 Å². The molecule has 0 saturated heterocycles. The third-order valence-electron chi connectivity index (χ3n) is 3.32. The average molecular weight is 299 g/mol. The normalized spacial score (nSPS) is 22.2. The Labute approximate surface area is 124 Å². The number of carbonyl (C=O) groups excluding carboxylic acids is 2. The number of carboxylic acids is 1. The molecule has 7 heteroatoms. The predicted octanol–water partition coefficient (Wildman–Crippen LogP) is 0.844. The van der Waals surface area contributed by atoms with E-state index in [9.17, 15) is 14.4 Å². The third kappa shape index (κ3) is 6.46. The molecule has 0 aromatic carbocycles. The number of carbonyl (C=O) groups is 3. The number of nitrogens with one attached hydrogen (secondary N) is 3. The summed E-state index contributed by atoms with van der Waals surface area (Å²) >= 11 is 0. The number of urea groups is 1. The number of carboxylic acid groups (broad SMARTS) is 1. The van der Waals surface area contributed by atoms with Gasteiger partial charge in [0.15, 0.2) is 0 Å². The second-order valence-corrected chi connectivity index (χ2v) is 6.46. The van der Waals surface area contributed by atoms with Gasteiger partial charge in [0.25, 0.3) is 0 Å². The third-order valence-corrected chi connectivity index (χ3v) is 3.32. The van der Waals surface area contributed by atoms with E-state index in [0.717, 1.165) is 12.8 Å².